The van der Waals surface area contributed by atoms with Gasteiger partial charge in [0, 0.05) is 6.54 Å². The van der Waals surface area contributed by atoms with Gasteiger partial charge in [-0.3, -0.25) is 29.0 Å². The molecule has 0 aromatic carbocycles. The van der Waals surface area contributed by atoms with Gasteiger partial charge in [-0.15, -0.1) is 0 Å². The number of carboxylic acid groups (broad SMARTS) is 3. The van der Waals surface area contributed by atoms with E-state index in [4.69, 9.17) is 27.4 Å². The van der Waals surface area contributed by atoms with Crippen LogP contribution in [0.1, 0.15) is 39.5 Å². The summed E-state index contributed by atoms with van der Waals surface area (Å²) in [4.78, 5) is 74.8. The Morgan fingerprint density at radius 3 is 1.77 bits per heavy atom. The van der Waals surface area contributed by atoms with Gasteiger partial charge in [-0.05, 0) is 18.8 Å². The Kier molecular flexibility index (Phi) is 13.4. The molecule has 0 heterocycles. The van der Waals surface area contributed by atoms with Crippen LogP contribution < -0.4 is 33.2 Å². The Bertz CT molecular complexity index is 827. The number of carbonyl (C=O) groups excluding carboxylic acids is 3. The van der Waals surface area contributed by atoms with Crippen LogP contribution in [0.2, 0.25) is 0 Å². The van der Waals surface area contributed by atoms with Crippen LogP contribution in [-0.2, 0) is 28.8 Å². The third kappa shape index (κ3) is 12.8. The summed E-state index contributed by atoms with van der Waals surface area (Å²) in [5, 5.41) is 33.8. The van der Waals surface area contributed by atoms with E-state index in [1.165, 1.54) is 13.8 Å². The summed E-state index contributed by atoms with van der Waals surface area (Å²) < 4.78 is 0. The van der Waals surface area contributed by atoms with Gasteiger partial charge < -0.3 is 48.5 Å². The highest BCUT2D eigenvalue weighted by molar-refractivity contribution is 5.96. The van der Waals surface area contributed by atoms with E-state index >= 15 is 0 Å². The van der Waals surface area contributed by atoms with Gasteiger partial charge in [0.1, 0.15) is 18.1 Å². The minimum absolute atomic E-state index is 0.0664. The lowest BCUT2D eigenvalue weighted by atomic mass is 10.0. The normalized spacial score (nSPS) is 14.1. The monoisotopic (exact) mass is 503 g/mol. The molecule has 16 heteroatoms. The topological polar surface area (TPSA) is 290 Å². The van der Waals surface area contributed by atoms with Crippen molar-refractivity contribution in [2.24, 2.45) is 28.1 Å². The molecule has 35 heavy (non-hydrogen) atoms. The predicted octanol–water partition coefficient (Wildman–Crippen LogP) is -3.49. The second-order valence-electron chi connectivity index (χ2n) is 7.94. The second-order valence-corrected chi connectivity index (χ2v) is 7.94. The predicted molar refractivity (Wildman–Crippen MR) is 121 cm³/mol. The maximum atomic E-state index is 12.8. The van der Waals surface area contributed by atoms with Crippen molar-refractivity contribution in [1.82, 2.24) is 16.0 Å². The van der Waals surface area contributed by atoms with Crippen LogP contribution in [-0.4, -0.2) is 87.6 Å². The highest BCUT2D eigenvalue weighted by atomic mass is 16.4. The van der Waals surface area contributed by atoms with Gasteiger partial charge in [0.15, 0.2) is 5.96 Å². The molecule has 0 saturated carbocycles. The lowest BCUT2D eigenvalue weighted by Crippen LogP contribution is -2.58. The van der Waals surface area contributed by atoms with Crippen LogP contribution in [0.15, 0.2) is 4.99 Å². The molecule has 0 aromatic heterocycles. The number of aliphatic carboxylic acids is 3. The summed E-state index contributed by atoms with van der Waals surface area (Å²) in [6.45, 7) is 3.11. The van der Waals surface area contributed by atoms with E-state index in [0.29, 0.717) is 0 Å². The molecule has 0 aliphatic heterocycles. The van der Waals surface area contributed by atoms with Gasteiger partial charge in [0.05, 0.1) is 18.9 Å². The lowest BCUT2D eigenvalue weighted by molar-refractivity contribution is -0.144. The second kappa shape index (κ2) is 15.0. The van der Waals surface area contributed by atoms with Crippen LogP contribution in [0.3, 0.4) is 0 Å². The molecule has 0 radical (unpaired) electrons. The minimum Gasteiger partial charge on any atom is -0.481 e. The summed E-state index contributed by atoms with van der Waals surface area (Å²) in [5.41, 5.74) is 16.0. The third-order valence-corrected chi connectivity index (χ3v) is 4.55. The summed E-state index contributed by atoms with van der Waals surface area (Å²) in [6.07, 6.45) is -1.52. The van der Waals surface area contributed by atoms with Crippen molar-refractivity contribution >= 4 is 41.6 Å². The maximum Gasteiger partial charge on any atom is 0.326 e. The van der Waals surface area contributed by atoms with Crippen molar-refractivity contribution < 1.29 is 44.1 Å². The Balaban J connectivity index is 5.64. The van der Waals surface area contributed by atoms with Crippen molar-refractivity contribution in [1.29, 1.82) is 0 Å². The largest absolute Gasteiger partial charge is 0.481 e. The number of nitrogens with zero attached hydrogens (tertiary/aromatic N) is 1. The number of rotatable bonds is 16. The number of hydrogen-bond acceptors (Lipinski definition) is 8. The summed E-state index contributed by atoms with van der Waals surface area (Å²) in [5.74, 6) is -7.94. The fourth-order valence-corrected chi connectivity index (χ4v) is 2.76. The van der Waals surface area contributed by atoms with Crippen molar-refractivity contribution in [3.63, 3.8) is 0 Å². The molecule has 0 fully saturated rings. The molecule has 198 valence electrons. The van der Waals surface area contributed by atoms with Gasteiger partial charge in [0.2, 0.25) is 17.7 Å². The Morgan fingerprint density at radius 1 is 0.800 bits per heavy atom. The highest BCUT2D eigenvalue weighted by Gasteiger charge is 2.32. The van der Waals surface area contributed by atoms with E-state index in [-0.39, 0.29) is 25.3 Å². The molecule has 0 saturated heterocycles. The molecule has 12 N–H and O–H groups in total. The molecular weight excluding hydrogens is 470 g/mol. The van der Waals surface area contributed by atoms with Crippen molar-refractivity contribution in [2.75, 3.05) is 6.54 Å². The lowest BCUT2D eigenvalue weighted by Gasteiger charge is -2.25. The van der Waals surface area contributed by atoms with E-state index < -0.39 is 78.6 Å². The zero-order valence-corrected chi connectivity index (χ0v) is 19.4. The van der Waals surface area contributed by atoms with Gasteiger partial charge in [-0.2, -0.15) is 0 Å². The number of nitrogens with one attached hydrogen (secondary N) is 3. The molecule has 0 rings (SSSR count). The number of hydrogen-bond donors (Lipinski definition) is 9. The van der Waals surface area contributed by atoms with Gasteiger partial charge in [-0.1, -0.05) is 13.8 Å². The summed E-state index contributed by atoms with van der Waals surface area (Å²) >= 11 is 0. The van der Waals surface area contributed by atoms with Crippen molar-refractivity contribution in [3.05, 3.63) is 0 Å². The molecule has 16 nitrogen and oxygen atoms in total. The quantitative estimate of drug-likeness (QED) is 0.0563. The average molecular weight is 504 g/mol. The average Bonchev–Trinajstić information content (AvgIpc) is 2.71. The summed E-state index contributed by atoms with van der Waals surface area (Å²) in [7, 11) is 0. The van der Waals surface area contributed by atoms with Gasteiger partial charge in [0.25, 0.3) is 0 Å². The number of carbonyl (C=O) groups is 6. The Hall–Kier alpha value is -3.95. The molecule has 0 aromatic rings. The number of aliphatic imine (C=N–C) groups is 1. The highest BCUT2D eigenvalue weighted by Crippen LogP contribution is 2.06. The van der Waals surface area contributed by atoms with Crippen molar-refractivity contribution in [3.8, 4) is 0 Å². The zero-order valence-electron chi connectivity index (χ0n) is 19.4. The molecule has 3 amide bonds. The van der Waals surface area contributed by atoms with Gasteiger partial charge in [-0.25, -0.2) is 4.79 Å². The molecular formula is C19H33N7O9. The van der Waals surface area contributed by atoms with Crippen LogP contribution in [0.4, 0.5) is 0 Å². The fourth-order valence-electron chi connectivity index (χ4n) is 2.76. The van der Waals surface area contributed by atoms with E-state index in [9.17, 15) is 33.9 Å². The number of amides is 3. The van der Waals surface area contributed by atoms with E-state index in [1.807, 2.05) is 0 Å². The van der Waals surface area contributed by atoms with Gasteiger partial charge >= 0.3 is 17.9 Å². The zero-order chi connectivity index (χ0) is 27.3. The van der Waals surface area contributed by atoms with Crippen molar-refractivity contribution in [2.45, 2.75) is 63.7 Å². The van der Waals surface area contributed by atoms with Crippen LogP contribution >= 0.6 is 0 Å². The SMILES string of the molecule is CC(C)C(NC(=O)C(CC(=O)O)NC(=O)C(CCCN=C(N)N)NC(=O)C(N)CC(=O)O)C(=O)O. The molecule has 0 aliphatic rings. The van der Waals surface area contributed by atoms with Crippen LogP contribution in [0.5, 0.6) is 0 Å². The maximum absolute atomic E-state index is 12.8. The summed E-state index contributed by atoms with van der Waals surface area (Å²) in [6, 6.07) is -5.87. The number of nitrogens with two attached hydrogens (primary N) is 3. The number of carboxylic acids is 3. The van der Waals surface area contributed by atoms with Crippen LogP contribution in [0, 0.1) is 5.92 Å². The first-order chi connectivity index (χ1) is 16.1. The first-order valence-electron chi connectivity index (χ1n) is 10.5. The number of guanidine groups is 1. The van der Waals surface area contributed by atoms with Crippen LogP contribution in [0.25, 0.3) is 0 Å². The molecule has 4 atom stereocenters. The van der Waals surface area contributed by atoms with E-state index in [1.54, 1.807) is 0 Å². The Morgan fingerprint density at radius 2 is 1.31 bits per heavy atom. The molecule has 0 spiro atoms. The standard InChI is InChI=1S/C19H33N7O9/c1-8(2)14(18(34)35)26-17(33)11(7-13(29)30)25-16(32)10(4-3-5-23-19(21)22)24-15(31)9(20)6-12(27)28/h8-11,14H,3-7,20H2,1-2H3,(H,24,31)(H,25,32)(H,26,33)(H,27,28)(H,29,30)(H,34,35)(H4,21,22,23). The third-order valence-electron chi connectivity index (χ3n) is 4.55. The molecule has 0 bridgehead atoms. The van der Waals surface area contributed by atoms with E-state index in [0.717, 1.165) is 0 Å². The van der Waals surface area contributed by atoms with E-state index in [2.05, 4.69) is 20.9 Å². The Labute approximate surface area is 200 Å². The first kappa shape index (κ1) is 31.0. The smallest absolute Gasteiger partial charge is 0.326 e. The minimum atomic E-state index is -1.68. The molecule has 0 aliphatic carbocycles. The molecule has 4 unspecified atom stereocenters. The first-order valence-corrected chi connectivity index (χ1v) is 10.5. The fraction of sp³-hybridized carbons (Fsp3) is 0.632.